The molecule has 2 aromatic heterocycles. The Kier molecular flexibility index (Phi) is 8.69. The molecule has 2 heterocycles. The van der Waals surface area contributed by atoms with Crippen LogP contribution < -0.4 is 14.4 Å². The van der Waals surface area contributed by atoms with Crippen LogP contribution >= 0.6 is 0 Å². The number of aliphatic hydroxyl groups excluding tert-OH is 1. The second-order valence-electron chi connectivity index (χ2n) is 7.65. The Morgan fingerprint density at radius 2 is 1.83 bits per heavy atom. The Balaban J connectivity index is 2.20. The van der Waals surface area contributed by atoms with Crippen molar-refractivity contribution in [3.63, 3.8) is 0 Å². The van der Waals surface area contributed by atoms with E-state index in [1.807, 2.05) is 20.0 Å². The van der Waals surface area contributed by atoms with Crippen LogP contribution in [0.4, 0.5) is 20.3 Å². The quantitative estimate of drug-likeness (QED) is 0.339. The van der Waals surface area contributed by atoms with Crippen molar-refractivity contribution in [2.45, 2.75) is 33.1 Å². The predicted octanol–water partition coefficient (Wildman–Crippen LogP) is 4.06. The van der Waals surface area contributed by atoms with Crippen LogP contribution in [0.2, 0.25) is 0 Å². The number of nitrogens with zero attached hydrogens (tertiary/aromatic N) is 6. The van der Waals surface area contributed by atoms with Gasteiger partial charge in [-0.15, -0.1) is 0 Å². The van der Waals surface area contributed by atoms with Crippen molar-refractivity contribution < 1.29 is 23.4 Å². The molecule has 0 unspecified atom stereocenters. The van der Waals surface area contributed by atoms with Crippen LogP contribution in [0, 0.1) is 11.6 Å². The van der Waals surface area contributed by atoms with Gasteiger partial charge in [0.15, 0.2) is 29.0 Å². The Hall–Kier alpha value is -3.60. The fraction of sp³-hybridized carbons (Fsp3) is 0.417. The summed E-state index contributed by atoms with van der Waals surface area (Å²) in [6.07, 6.45) is 6.44. The number of halogens is 2. The number of aryl methyl sites for hydroxylation is 2. The zero-order chi connectivity index (χ0) is 25.5. The first kappa shape index (κ1) is 26.0. The third-order valence-corrected chi connectivity index (χ3v) is 5.38. The maximum atomic E-state index is 15.1. The van der Waals surface area contributed by atoms with E-state index in [1.54, 1.807) is 29.0 Å². The number of aromatic nitrogens is 4. The van der Waals surface area contributed by atoms with Gasteiger partial charge in [0.2, 0.25) is 0 Å². The minimum Gasteiger partial charge on any atom is -0.493 e. The SMILES string of the molecule is CCC(=Nc1c(F)c(OC)cc(OC)c1F)N(CCCO)c1nc(-c2cnn(C)c2)cnc1CC. The lowest BCUT2D eigenvalue weighted by molar-refractivity contribution is 0.291. The largest absolute Gasteiger partial charge is 0.493 e. The summed E-state index contributed by atoms with van der Waals surface area (Å²) in [6.45, 7) is 3.99. The van der Waals surface area contributed by atoms with Crippen molar-refractivity contribution in [3.05, 3.63) is 42.0 Å². The van der Waals surface area contributed by atoms with Gasteiger partial charge in [-0.25, -0.2) is 18.8 Å². The fourth-order valence-electron chi connectivity index (χ4n) is 3.58. The molecule has 188 valence electrons. The van der Waals surface area contributed by atoms with Gasteiger partial charge in [0, 0.05) is 44.4 Å². The summed E-state index contributed by atoms with van der Waals surface area (Å²) in [5, 5.41) is 13.7. The number of ether oxygens (including phenoxy) is 2. The molecule has 3 rings (SSSR count). The maximum Gasteiger partial charge on any atom is 0.193 e. The third-order valence-electron chi connectivity index (χ3n) is 5.38. The number of amidine groups is 1. The molecule has 0 amide bonds. The summed E-state index contributed by atoms with van der Waals surface area (Å²) < 4.78 is 41.9. The number of benzene rings is 1. The summed E-state index contributed by atoms with van der Waals surface area (Å²) in [5.74, 6) is -1.41. The topological polar surface area (TPSA) is 97.9 Å². The maximum absolute atomic E-state index is 15.1. The number of hydrogen-bond acceptors (Lipinski definition) is 7. The predicted molar refractivity (Wildman–Crippen MR) is 130 cm³/mol. The zero-order valence-electron chi connectivity index (χ0n) is 20.5. The van der Waals surface area contributed by atoms with Gasteiger partial charge in [-0.05, 0) is 12.8 Å². The van der Waals surface area contributed by atoms with Crippen LogP contribution in [0.25, 0.3) is 11.3 Å². The number of aliphatic hydroxyl groups is 1. The van der Waals surface area contributed by atoms with Gasteiger partial charge in [-0.3, -0.25) is 9.67 Å². The first-order valence-electron chi connectivity index (χ1n) is 11.3. The smallest absolute Gasteiger partial charge is 0.193 e. The summed E-state index contributed by atoms with van der Waals surface area (Å²) in [4.78, 5) is 15.5. The molecule has 11 heteroatoms. The lowest BCUT2D eigenvalue weighted by Gasteiger charge is -2.27. The molecule has 1 aromatic carbocycles. The summed E-state index contributed by atoms with van der Waals surface area (Å²) in [6, 6.07) is 1.14. The van der Waals surface area contributed by atoms with Crippen molar-refractivity contribution in [2.24, 2.45) is 12.0 Å². The Morgan fingerprint density at radius 1 is 1.14 bits per heavy atom. The number of rotatable bonds is 10. The molecule has 0 aliphatic heterocycles. The van der Waals surface area contributed by atoms with E-state index in [1.165, 1.54) is 14.2 Å². The summed E-state index contributed by atoms with van der Waals surface area (Å²) in [5.41, 5.74) is 1.52. The van der Waals surface area contributed by atoms with E-state index in [-0.39, 0.29) is 18.1 Å². The number of aliphatic imine (C=N–C) groups is 1. The molecule has 0 saturated carbocycles. The van der Waals surface area contributed by atoms with Crippen LogP contribution in [0.3, 0.4) is 0 Å². The van der Waals surface area contributed by atoms with Crippen LogP contribution in [-0.2, 0) is 13.5 Å². The average molecular weight is 489 g/mol. The zero-order valence-corrected chi connectivity index (χ0v) is 20.5. The highest BCUT2D eigenvalue weighted by molar-refractivity contribution is 5.99. The molecular weight excluding hydrogens is 458 g/mol. The van der Waals surface area contributed by atoms with Crippen molar-refractivity contribution in [1.82, 2.24) is 19.7 Å². The Morgan fingerprint density at radius 3 is 2.34 bits per heavy atom. The lowest BCUT2D eigenvalue weighted by atomic mass is 10.2. The molecule has 0 atom stereocenters. The van der Waals surface area contributed by atoms with Crippen molar-refractivity contribution in [2.75, 3.05) is 32.3 Å². The highest BCUT2D eigenvalue weighted by Crippen LogP contribution is 2.37. The molecule has 0 aliphatic carbocycles. The van der Waals surface area contributed by atoms with Crippen LogP contribution in [0.15, 0.2) is 29.6 Å². The fourth-order valence-corrected chi connectivity index (χ4v) is 3.58. The molecule has 9 nitrogen and oxygen atoms in total. The molecule has 0 radical (unpaired) electrons. The molecule has 0 aliphatic rings. The third kappa shape index (κ3) is 5.56. The van der Waals surface area contributed by atoms with E-state index < -0.39 is 17.3 Å². The monoisotopic (exact) mass is 488 g/mol. The van der Waals surface area contributed by atoms with Crippen LogP contribution in [0.5, 0.6) is 11.5 Å². The van der Waals surface area contributed by atoms with Crippen molar-refractivity contribution >= 4 is 17.3 Å². The highest BCUT2D eigenvalue weighted by Gasteiger charge is 2.24. The van der Waals surface area contributed by atoms with Crippen molar-refractivity contribution in [3.8, 4) is 22.8 Å². The second-order valence-corrected chi connectivity index (χ2v) is 7.65. The van der Waals surface area contributed by atoms with E-state index >= 15 is 8.78 Å². The van der Waals surface area contributed by atoms with Gasteiger partial charge in [0.25, 0.3) is 0 Å². The second kappa shape index (κ2) is 11.7. The van der Waals surface area contributed by atoms with Crippen LogP contribution in [0.1, 0.15) is 32.4 Å². The minimum atomic E-state index is -0.940. The highest BCUT2D eigenvalue weighted by atomic mass is 19.1. The van der Waals surface area contributed by atoms with Crippen molar-refractivity contribution in [1.29, 1.82) is 0 Å². The van der Waals surface area contributed by atoms with Gasteiger partial charge in [0.1, 0.15) is 11.5 Å². The molecule has 1 N–H and O–H groups in total. The van der Waals surface area contributed by atoms with Gasteiger partial charge < -0.3 is 19.5 Å². The normalized spacial score (nSPS) is 11.6. The van der Waals surface area contributed by atoms with Gasteiger partial charge >= 0.3 is 0 Å². The first-order valence-corrected chi connectivity index (χ1v) is 11.3. The molecule has 0 bridgehead atoms. The number of anilines is 1. The van der Waals surface area contributed by atoms with E-state index in [0.29, 0.717) is 48.8 Å². The van der Waals surface area contributed by atoms with Gasteiger partial charge in [0.05, 0.1) is 38.0 Å². The molecule has 3 aromatic rings. The molecular formula is C24H30F2N6O3. The van der Waals surface area contributed by atoms with E-state index in [9.17, 15) is 5.11 Å². The number of methoxy groups -OCH3 is 2. The van der Waals surface area contributed by atoms with Crippen LogP contribution in [-0.4, -0.2) is 58.1 Å². The molecule has 0 saturated heterocycles. The number of hydrogen-bond donors (Lipinski definition) is 1. The standard InChI is InChI=1S/C24H30F2N6O3/c1-6-16-24(29-17(13-27-16)15-12-28-31(3)14-15)32(9-8-10-33)20(7-2)30-23-21(25)18(34-4)11-19(35-5)22(23)26/h11-14,33H,6-10H2,1-5H3. The lowest BCUT2D eigenvalue weighted by Crippen LogP contribution is -2.34. The van der Waals surface area contributed by atoms with Gasteiger partial charge in [-0.2, -0.15) is 5.10 Å². The summed E-state index contributed by atoms with van der Waals surface area (Å²) >= 11 is 0. The first-order chi connectivity index (χ1) is 16.9. The van der Waals surface area contributed by atoms with E-state index in [4.69, 9.17) is 14.5 Å². The summed E-state index contributed by atoms with van der Waals surface area (Å²) in [7, 11) is 4.37. The average Bonchev–Trinajstić information content (AvgIpc) is 3.31. The minimum absolute atomic E-state index is 0.0830. The molecule has 0 fully saturated rings. The molecule has 35 heavy (non-hydrogen) atoms. The Bertz CT molecular complexity index is 1170. The molecule has 0 spiro atoms. The Labute approximate surface area is 203 Å². The van der Waals surface area contributed by atoms with Gasteiger partial charge in [-0.1, -0.05) is 13.8 Å². The van der Waals surface area contributed by atoms with E-state index in [2.05, 4.69) is 15.1 Å². The van der Waals surface area contributed by atoms with E-state index in [0.717, 1.165) is 11.6 Å².